The Labute approximate surface area is 169 Å². The summed E-state index contributed by atoms with van der Waals surface area (Å²) in [4.78, 5) is 19.6. The summed E-state index contributed by atoms with van der Waals surface area (Å²) >= 11 is 1.11. The van der Waals surface area contributed by atoms with Gasteiger partial charge in [0, 0.05) is 26.2 Å². The van der Waals surface area contributed by atoms with Crippen molar-refractivity contribution in [1.82, 2.24) is 9.80 Å². The van der Waals surface area contributed by atoms with E-state index in [9.17, 15) is 18.3 Å². The molecule has 0 aliphatic carbocycles. The SMILES string of the molecule is CC(C)(C)OC(=O)N1CCN(C(N)=NCC(O)CS(=O)(=O)c2cccs2)CC1. The zero-order chi connectivity index (χ0) is 20.9. The first kappa shape index (κ1) is 22.4. The normalized spacial score (nSPS) is 17.5. The van der Waals surface area contributed by atoms with Gasteiger partial charge >= 0.3 is 6.09 Å². The molecule has 0 aromatic carbocycles. The predicted molar refractivity (Wildman–Crippen MR) is 108 cm³/mol. The summed E-state index contributed by atoms with van der Waals surface area (Å²) in [5.74, 6) is -0.187. The second-order valence-corrected chi connectivity index (χ2v) is 10.7. The fourth-order valence-electron chi connectivity index (χ4n) is 2.57. The number of aliphatic hydroxyl groups is 1. The smallest absolute Gasteiger partial charge is 0.410 e. The Morgan fingerprint density at radius 3 is 2.46 bits per heavy atom. The molecule has 3 N–H and O–H groups in total. The number of thiophene rings is 1. The number of carbonyl (C=O) groups is 1. The molecule has 2 heterocycles. The van der Waals surface area contributed by atoms with Crippen LogP contribution in [0, 0.1) is 0 Å². The second kappa shape index (κ2) is 9.10. The molecule has 1 unspecified atom stereocenters. The Hall–Kier alpha value is -1.85. The molecule has 11 heteroatoms. The standard InChI is InChI=1S/C17H28N4O5S2/c1-17(2,3)26-16(23)21-8-6-20(7-9-21)15(18)19-11-13(22)12-28(24,25)14-5-4-10-27-14/h4-5,10,13,22H,6-9,11-12H2,1-3H3,(H2,18,19). The molecular weight excluding hydrogens is 404 g/mol. The average molecular weight is 433 g/mol. The highest BCUT2D eigenvalue weighted by Crippen LogP contribution is 2.18. The maximum absolute atomic E-state index is 12.2. The van der Waals surface area contributed by atoms with Crippen molar-refractivity contribution >= 4 is 33.2 Å². The Bertz CT molecular complexity index is 779. The van der Waals surface area contributed by atoms with E-state index >= 15 is 0 Å². The van der Waals surface area contributed by atoms with Crippen LogP contribution >= 0.6 is 11.3 Å². The topological polar surface area (TPSA) is 126 Å². The van der Waals surface area contributed by atoms with E-state index in [4.69, 9.17) is 10.5 Å². The lowest BCUT2D eigenvalue weighted by molar-refractivity contribution is 0.0186. The van der Waals surface area contributed by atoms with Gasteiger partial charge in [-0.05, 0) is 32.2 Å². The monoisotopic (exact) mass is 432 g/mol. The minimum Gasteiger partial charge on any atom is -0.444 e. The average Bonchev–Trinajstić information content (AvgIpc) is 3.13. The third-order valence-corrected chi connectivity index (χ3v) is 7.22. The van der Waals surface area contributed by atoms with Crippen molar-refractivity contribution in [2.45, 2.75) is 36.7 Å². The van der Waals surface area contributed by atoms with E-state index in [1.807, 2.05) is 20.8 Å². The van der Waals surface area contributed by atoms with E-state index in [1.54, 1.807) is 21.2 Å². The molecule has 28 heavy (non-hydrogen) atoms. The summed E-state index contributed by atoms with van der Waals surface area (Å²) in [7, 11) is -3.53. The lowest BCUT2D eigenvalue weighted by Gasteiger charge is -2.36. The summed E-state index contributed by atoms with van der Waals surface area (Å²) in [5.41, 5.74) is 5.41. The van der Waals surface area contributed by atoms with Crippen LogP contribution in [0.3, 0.4) is 0 Å². The highest BCUT2D eigenvalue weighted by atomic mass is 32.2. The van der Waals surface area contributed by atoms with Crippen molar-refractivity contribution in [2.24, 2.45) is 10.7 Å². The van der Waals surface area contributed by atoms with Crippen LogP contribution in [0.25, 0.3) is 0 Å². The van der Waals surface area contributed by atoms with Crippen LogP contribution < -0.4 is 5.73 Å². The summed E-state index contributed by atoms with van der Waals surface area (Å²) < 4.78 is 29.9. The molecule has 9 nitrogen and oxygen atoms in total. The third kappa shape index (κ3) is 6.64. The van der Waals surface area contributed by atoms with E-state index in [2.05, 4.69) is 4.99 Å². The molecule has 0 spiro atoms. The first-order valence-electron chi connectivity index (χ1n) is 8.95. The number of carbonyl (C=O) groups excluding carboxylic acids is 1. The van der Waals surface area contributed by atoms with Gasteiger partial charge in [0.1, 0.15) is 9.81 Å². The number of sulfone groups is 1. The van der Waals surface area contributed by atoms with Gasteiger partial charge in [0.2, 0.25) is 0 Å². The quantitative estimate of drug-likeness (QED) is 0.519. The lowest BCUT2D eigenvalue weighted by atomic mass is 10.2. The zero-order valence-electron chi connectivity index (χ0n) is 16.4. The van der Waals surface area contributed by atoms with E-state index in [0.717, 1.165) is 11.3 Å². The van der Waals surface area contributed by atoms with Gasteiger partial charge in [0.15, 0.2) is 15.8 Å². The Morgan fingerprint density at radius 2 is 1.93 bits per heavy atom. The van der Waals surface area contributed by atoms with Crippen LogP contribution in [0.15, 0.2) is 26.7 Å². The number of piperazine rings is 1. The molecule has 1 aliphatic rings. The molecule has 1 aliphatic heterocycles. The summed E-state index contributed by atoms with van der Waals surface area (Å²) in [5, 5.41) is 11.7. The Morgan fingerprint density at radius 1 is 1.32 bits per heavy atom. The van der Waals surface area contributed by atoms with Crippen molar-refractivity contribution < 1.29 is 23.1 Å². The number of aliphatic hydroxyl groups excluding tert-OH is 1. The van der Waals surface area contributed by atoms with Crippen molar-refractivity contribution in [2.75, 3.05) is 38.5 Å². The third-order valence-electron chi connectivity index (χ3n) is 3.93. The summed E-state index contributed by atoms with van der Waals surface area (Å²) in [6.45, 7) is 7.20. The number of hydrogen-bond acceptors (Lipinski definition) is 7. The Balaban J connectivity index is 1.82. The molecule has 0 radical (unpaired) electrons. The van der Waals surface area contributed by atoms with Crippen molar-refractivity contribution in [1.29, 1.82) is 0 Å². The molecule has 1 saturated heterocycles. The molecule has 0 bridgehead atoms. The first-order chi connectivity index (χ1) is 13.0. The van der Waals surface area contributed by atoms with E-state index in [-0.39, 0.29) is 22.8 Å². The molecule has 158 valence electrons. The van der Waals surface area contributed by atoms with Gasteiger partial charge in [-0.2, -0.15) is 0 Å². The van der Waals surface area contributed by atoms with Gasteiger partial charge in [-0.25, -0.2) is 13.2 Å². The number of ether oxygens (including phenoxy) is 1. The van der Waals surface area contributed by atoms with Gasteiger partial charge < -0.3 is 25.4 Å². The number of hydrogen-bond donors (Lipinski definition) is 2. The number of nitrogens with zero attached hydrogens (tertiary/aromatic N) is 3. The summed E-state index contributed by atoms with van der Waals surface area (Å²) in [6, 6.07) is 3.16. The lowest BCUT2D eigenvalue weighted by Crippen LogP contribution is -2.53. The Kier molecular flexibility index (Phi) is 7.29. The van der Waals surface area contributed by atoms with Crippen LogP contribution in [-0.2, 0) is 14.6 Å². The van der Waals surface area contributed by atoms with Crippen LogP contribution in [0.2, 0.25) is 0 Å². The van der Waals surface area contributed by atoms with Gasteiger partial charge in [-0.15, -0.1) is 11.3 Å². The van der Waals surface area contributed by atoms with Gasteiger partial charge in [-0.3, -0.25) is 4.99 Å². The largest absolute Gasteiger partial charge is 0.444 e. The molecule has 1 aromatic heterocycles. The van der Waals surface area contributed by atoms with Crippen LogP contribution in [0.5, 0.6) is 0 Å². The van der Waals surface area contributed by atoms with Crippen LogP contribution in [0.1, 0.15) is 20.8 Å². The fourth-order valence-corrected chi connectivity index (χ4v) is 5.04. The molecule has 1 aromatic rings. The highest BCUT2D eigenvalue weighted by molar-refractivity contribution is 7.93. The minimum absolute atomic E-state index is 0.108. The van der Waals surface area contributed by atoms with Gasteiger partial charge in [-0.1, -0.05) is 6.07 Å². The van der Waals surface area contributed by atoms with Crippen molar-refractivity contribution in [3.8, 4) is 0 Å². The number of nitrogens with two attached hydrogens (primary N) is 1. The van der Waals surface area contributed by atoms with Crippen molar-refractivity contribution in [3.05, 3.63) is 17.5 Å². The van der Waals surface area contributed by atoms with Crippen LogP contribution in [0.4, 0.5) is 4.79 Å². The number of guanidine groups is 1. The molecule has 1 fully saturated rings. The van der Waals surface area contributed by atoms with Crippen molar-refractivity contribution in [3.63, 3.8) is 0 Å². The van der Waals surface area contributed by atoms with Gasteiger partial charge in [0.05, 0.1) is 18.4 Å². The highest BCUT2D eigenvalue weighted by Gasteiger charge is 2.26. The zero-order valence-corrected chi connectivity index (χ0v) is 18.0. The van der Waals surface area contributed by atoms with E-state index in [1.165, 1.54) is 6.07 Å². The molecule has 1 atom stereocenters. The molecule has 1 amide bonds. The number of aliphatic imine (C=N–C) groups is 1. The first-order valence-corrected chi connectivity index (χ1v) is 11.5. The number of rotatable bonds is 5. The van der Waals surface area contributed by atoms with Gasteiger partial charge in [0.25, 0.3) is 0 Å². The second-order valence-electron chi connectivity index (χ2n) is 7.52. The summed E-state index contributed by atoms with van der Waals surface area (Å²) in [6.07, 6.45) is -1.51. The van der Waals surface area contributed by atoms with E-state index in [0.29, 0.717) is 26.2 Å². The molecular formula is C17H28N4O5S2. The predicted octanol–water partition coefficient (Wildman–Crippen LogP) is 0.750. The van der Waals surface area contributed by atoms with E-state index < -0.39 is 27.3 Å². The number of amides is 1. The fraction of sp³-hybridized carbons (Fsp3) is 0.647. The van der Waals surface area contributed by atoms with Crippen LogP contribution in [-0.4, -0.2) is 85.6 Å². The molecule has 0 saturated carbocycles. The maximum Gasteiger partial charge on any atom is 0.410 e. The molecule has 2 rings (SSSR count). The maximum atomic E-state index is 12.2. The minimum atomic E-state index is -3.53.